The van der Waals surface area contributed by atoms with Gasteiger partial charge in [-0.2, -0.15) is 0 Å². The fourth-order valence-electron chi connectivity index (χ4n) is 3.19. The van der Waals surface area contributed by atoms with Crippen molar-refractivity contribution in [3.63, 3.8) is 0 Å². The fraction of sp³-hybridized carbons (Fsp3) is 0.286. The topological polar surface area (TPSA) is 72.6 Å². The molecule has 148 valence electrons. The summed E-state index contributed by atoms with van der Waals surface area (Å²) in [7, 11) is 4.74. The summed E-state index contributed by atoms with van der Waals surface area (Å²) in [5.74, 6) is 1.50. The standard InChI is InChI=1S/C21H23FN2O4/c1-26-15-10-19(27-2)17(20(11-15)28-3)6-7-23-21(25)8-13-12-24-18-9-14(22)4-5-16(13)18/h4-5,9-12,24H,6-8H2,1-3H3,(H,23,25). The van der Waals surface area contributed by atoms with E-state index in [1.807, 2.05) is 0 Å². The molecule has 3 rings (SSSR count). The van der Waals surface area contributed by atoms with Crippen LogP contribution >= 0.6 is 0 Å². The molecule has 0 aliphatic rings. The lowest BCUT2D eigenvalue weighted by atomic mass is 10.1. The number of methoxy groups -OCH3 is 3. The van der Waals surface area contributed by atoms with Gasteiger partial charge in [0.1, 0.15) is 23.1 Å². The molecule has 1 amide bonds. The van der Waals surface area contributed by atoms with Gasteiger partial charge in [-0.05, 0) is 30.2 Å². The Kier molecular flexibility index (Phi) is 6.03. The number of hydrogen-bond acceptors (Lipinski definition) is 4. The molecule has 0 atom stereocenters. The second-order valence-electron chi connectivity index (χ2n) is 6.29. The number of fused-ring (bicyclic) bond motifs is 1. The van der Waals surface area contributed by atoms with Crippen LogP contribution in [0, 0.1) is 5.82 Å². The highest BCUT2D eigenvalue weighted by Crippen LogP contribution is 2.34. The van der Waals surface area contributed by atoms with Crippen molar-refractivity contribution >= 4 is 16.8 Å². The van der Waals surface area contributed by atoms with Crippen LogP contribution in [-0.4, -0.2) is 38.8 Å². The van der Waals surface area contributed by atoms with Crippen LogP contribution in [0.4, 0.5) is 4.39 Å². The highest BCUT2D eigenvalue weighted by Gasteiger charge is 2.14. The molecule has 1 aromatic heterocycles. The van der Waals surface area contributed by atoms with Gasteiger partial charge in [0.05, 0.1) is 27.8 Å². The summed E-state index contributed by atoms with van der Waals surface area (Å²) in [6, 6.07) is 8.05. The van der Waals surface area contributed by atoms with Gasteiger partial charge in [0.25, 0.3) is 0 Å². The lowest BCUT2D eigenvalue weighted by Crippen LogP contribution is -2.27. The van der Waals surface area contributed by atoms with Gasteiger partial charge < -0.3 is 24.5 Å². The highest BCUT2D eigenvalue weighted by atomic mass is 19.1. The van der Waals surface area contributed by atoms with E-state index in [-0.39, 0.29) is 18.1 Å². The van der Waals surface area contributed by atoms with E-state index < -0.39 is 0 Å². The Hall–Kier alpha value is -3.22. The zero-order valence-electron chi connectivity index (χ0n) is 16.1. The van der Waals surface area contributed by atoms with Crippen LogP contribution in [0.1, 0.15) is 11.1 Å². The van der Waals surface area contributed by atoms with Crippen molar-refractivity contribution < 1.29 is 23.4 Å². The number of ether oxygens (including phenoxy) is 3. The smallest absolute Gasteiger partial charge is 0.224 e. The third-order valence-corrected chi connectivity index (χ3v) is 4.59. The molecule has 0 saturated carbocycles. The van der Waals surface area contributed by atoms with Crippen LogP contribution in [0.3, 0.4) is 0 Å². The number of amides is 1. The van der Waals surface area contributed by atoms with E-state index in [2.05, 4.69) is 10.3 Å². The van der Waals surface area contributed by atoms with Crippen molar-refractivity contribution in [3.05, 3.63) is 53.5 Å². The second-order valence-corrected chi connectivity index (χ2v) is 6.29. The molecule has 0 bridgehead atoms. The SMILES string of the molecule is COc1cc(OC)c(CCNC(=O)Cc2c[nH]c3cc(F)ccc23)c(OC)c1. The van der Waals surface area contributed by atoms with E-state index in [0.717, 1.165) is 16.5 Å². The third kappa shape index (κ3) is 4.19. The Balaban J connectivity index is 1.64. The molecule has 1 heterocycles. The first-order chi connectivity index (χ1) is 13.5. The molecule has 0 radical (unpaired) electrons. The number of aromatic amines is 1. The predicted octanol–water partition coefficient (Wildman–Crippen LogP) is 3.23. The summed E-state index contributed by atoms with van der Waals surface area (Å²) in [6.45, 7) is 0.425. The van der Waals surface area contributed by atoms with Gasteiger partial charge in [0.15, 0.2) is 0 Å². The van der Waals surface area contributed by atoms with E-state index in [1.165, 1.54) is 12.1 Å². The summed E-state index contributed by atoms with van der Waals surface area (Å²) in [6.07, 6.45) is 2.49. The lowest BCUT2D eigenvalue weighted by molar-refractivity contribution is -0.120. The molecule has 0 aliphatic carbocycles. The molecular weight excluding hydrogens is 363 g/mol. The zero-order chi connectivity index (χ0) is 20.1. The van der Waals surface area contributed by atoms with Crippen LogP contribution in [0.5, 0.6) is 17.2 Å². The molecule has 6 nitrogen and oxygen atoms in total. The Morgan fingerprint density at radius 1 is 1.07 bits per heavy atom. The first kappa shape index (κ1) is 19.5. The lowest BCUT2D eigenvalue weighted by Gasteiger charge is -2.15. The second kappa shape index (κ2) is 8.65. The molecule has 3 aromatic rings. The Labute approximate surface area is 162 Å². The van der Waals surface area contributed by atoms with E-state index >= 15 is 0 Å². The van der Waals surface area contributed by atoms with E-state index in [1.54, 1.807) is 45.7 Å². The van der Waals surface area contributed by atoms with Crippen molar-refractivity contribution in [3.8, 4) is 17.2 Å². The van der Waals surface area contributed by atoms with Crippen molar-refractivity contribution in [1.29, 1.82) is 0 Å². The van der Waals surface area contributed by atoms with Crippen LogP contribution < -0.4 is 19.5 Å². The Morgan fingerprint density at radius 3 is 2.43 bits per heavy atom. The minimum atomic E-state index is -0.312. The summed E-state index contributed by atoms with van der Waals surface area (Å²) in [5, 5.41) is 3.75. The van der Waals surface area contributed by atoms with E-state index in [0.29, 0.717) is 35.7 Å². The van der Waals surface area contributed by atoms with Gasteiger partial charge in [0, 0.05) is 41.3 Å². The molecule has 7 heteroatoms. The predicted molar refractivity (Wildman–Crippen MR) is 105 cm³/mol. The molecular formula is C21H23FN2O4. The minimum Gasteiger partial charge on any atom is -0.496 e. The Morgan fingerprint density at radius 2 is 1.79 bits per heavy atom. The number of benzene rings is 2. The number of halogens is 1. The average molecular weight is 386 g/mol. The van der Waals surface area contributed by atoms with Crippen LogP contribution in [0.25, 0.3) is 10.9 Å². The molecule has 0 saturated heterocycles. The van der Waals surface area contributed by atoms with Gasteiger partial charge >= 0.3 is 0 Å². The average Bonchev–Trinajstić information content (AvgIpc) is 3.09. The quantitative estimate of drug-likeness (QED) is 0.623. The first-order valence-electron chi connectivity index (χ1n) is 8.86. The molecule has 2 N–H and O–H groups in total. The highest BCUT2D eigenvalue weighted by molar-refractivity contribution is 5.88. The summed E-state index contributed by atoms with van der Waals surface area (Å²) in [5.41, 5.74) is 2.36. The molecule has 0 unspecified atom stereocenters. The molecule has 0 spiro atoms. The summed E-state index contributed by atoms with van der Waals surface area (Å²) < 4.78 is 29.4. The normalized spacial score (nSPS) is 10.7. The number of aromatic nitrogens is 1. The Bertz CT molecular complexity index is 959. The maximum atomic E-state index is 13.3. The number of nitrogens with one attached hydrogen (secondary N) is 2. The van der Waals surface area contributed by atoms with Crippen LogP contribution in [0.15, 0.2) is 36.5 Å². The number of hydrogen-bond donors (Lipinski definition) is 2. The van der Waals surface area contributed by atoms with Gasteiger partial charge in [-0.3, -0.25) is 4.79 Å². The maximum absolute atomic E-state index is 13.3. The number of rotatable bonds is 8. The molecule has 0 fully saturated rings. The van der Waals surface area contributed by atoms with Gasteiger partial charge in [-0.1, -0.05) is 0 Å². The summed E-state index contributed by atoms with van der Waals surface area (Å²) in [4.78, 5) is 15.3. The van der Waals surface area contributed by atoms with Crippen LogP contribution in [0.2, 0.25) is 0 Å². The van der Waals surface area contributed by atoms with Crippen LogP contribution in [-0.2, 0) is 17.6 Å². The van der Waals surface area contributed by atoms with E-state index in [9.17, 15) is 9.18 Å². The molecule has 0 aliphatic heterocycles. The van der Waals surface area contributed by atoms with Crippen molar-refractivity contribution in [2.24, 2.45) is 0 Å². The third-order valence-electron chi connectivity index (χ3n) is 4.59. The van der Waals surface area contributed by atoms with Crippen molar-refractivity contribution in [2.45, 2.75) is 12.8 Å². The summed E-state index contributed by atoms with van der Waals surface area (Å²) >= 11 is 0. The molecule has 28 heavy (non-hydrogen) atoms. The largest absolute Gasteiger partial charge is 0.496 e. The zero-order valence-corrected chi connectivity index (χ0v) is 16.1. The monoisotopic (exact) mass is 386 g/mol. The maximum Gasteiger partial charge on any atom is 0.224 e. The number of carbonyl (C=O) groups is 1. The first-order valence-corrected chi connectivity index (χ1v) is 8.86. The minimum absolute atomic E-state index is 0.114. The number of H-pyrrole nitrogens is 1. The van der Waals surface area contributed by atoms with Crippen molar-refractivity contribution in [2.75, 3.05) is 27.9 Å². The van der Waals surface area contributed by atoms with Crippen molar-refractivity contribution in [1.82, 2.24) is 10.3 Å². The fourth-order valence-corrected chi connectivity index (χ4v) is 3.19. The van der Waals surface area contributed by atoms with E-state index in [4.69, 9.17) is 14.2 Å². The van der Waals surface area contributed by atoms with Gasteiger partial charge in [-0.25, -0.2) is 4.39 Å². The number of carbonyl (C=O) groups excluding carboxylic acids is 1. The van der Waals surface area contributed by atoms with Gasteiger partial charge in [-0.15, -0.1) is 0 Å². The van der Waals surface area contributed by atoms with Gasteiger partial charge in [0.2, 0.25) is 5.91 Å². The molecule has 2 aromatic carbocycles.